The number of hydrogen-bond acceptors (Lipinski definition) is 5. The Hall–Kier alpha value is -3.23. The average Bonchev–Trinajstić information content (AvgIpc) is 3.19. The van der Waals surface area contributed by atoms with Crippen LogP contribution in [0.15, 0.2) is 71.8 Å². The van der Waals surface area contributed by atoms with Gasteiger partial charge in [0.25, 0.3) is 10.0 Å². The highest BCUT2D eigenvalue weighted by molar-refractivity contribution is 7.90. The van der Waals surface area contributed by atoms with Gasteiger partial charge in [-0.25, -0.2) is 16.8 Å². The highest BCUT2D eigenvalue weighted by Crippen LogP contribution is 2.36. The number of ether oxygens (including phenoxy) is 1. The van der Waals surface area contributed by atoms with Gasteiger partial charge in [0.1, 0.15) is 11.9 Å². The highest BCUT2D eigenvalue weighted by atomic mass is 32.2. The fourth-order valence-electron chi connectivity index (χ4n) is 4.07. The number of halogens is 1. The second-order valence-electron chi connectivity index (χ2n) is 8.60. The highest BCUT2D eigenvalue weighted by Gasteiger charge is 2.28. The van der Waals surface area contributed by atoms with E-state index in [4.69, 9.17) is 4.74 Å². The van der Waals surface area contributed by atoms with Crippen molar-refractivity contribution in [3.63, 3.8) is 0 Å². The van der Waals surface area contributed by atoms with Crippen molar-refractivity contribution in [1.82, 2.24) is 3.97 Å². The van der Waals surface area contributed by atoms with Crippen LogP contribution < -0.4 is 0 Å². The number of aliphatic hydroxyl groups excluding tert-OH is 1. The van der Waals surface area contributed by atoms with Gasteiger partial charge in [-0.05, 0) is 54.0 Å². The predicted molar refractivity (Wildman–Crippen MR) is 127 cm³/mol. The van der Waals surface area contributed by atoms with Gasteiger partial charge in [-0.1, -0.05) is 38.1 Å². The molecular weight excluding hydrogens is 457 g/mol. The Kier molecular flexibility index (Phi) is 6.72. The smallest absolute Gasteiger partial charge is 0.309 e. The number of carbonyl (C=O) groups excluding carboxylic acids is 1. The summed E-state index contributed by atoms with van der Waals surface area (Å²) in [4.78, 5) is 11.9. The SMILES string of the molecule is CC(C)c1cn(S(=O)(=O)c2ccccc2)c(-c2ccc(F)cc2)c1/C=C/[C@@H]1C[C@@H](O)CC(=O)O1. The van der Waals surface area contributed by atoms with Gasteiger partial charge in [0.15, 0.2) is 0 Å². The molecule has 1 aromatic heterocycles. The molecule has 1 aliphatic heterocycles. The molecule has 1 N–H and O–H groups in total. The lowest BCUT2D eigenvalue weighted by Gasteiger charge is -2.23. The van der Waals surface area contributed by atoms with E-state index < -0.39 is 34.0 Å². The zero-order valence-electron chi connectivity index (χ0n) is 18.9. The van der Waals surface area contributed by atoms with Gasteiger partial charge < -0.3 is 9.84 Å². The van der Waals surface area contributed by atoms with E-state index in [1.165, 1.54) is 40.4 Å². The maximum atomic E-state index is 13.7. The zero-order chi connectivity index (χ0) is 24.5. The molecular formula is C26H26FNO5S. The van der Waals surface area contributed by atoms with E-state index in [-0.39, 0.29) is 23.7 Å². The summed E-state index contributed by atoms with van der Waals surface area (Å²) >= 11 is 0. The Morgan fingerprint density at radius 3 is 2.41 bits per heavy atom. The molecule has 2 aromatic carbocycles. The molecule has 0 spiro atoms. The molecule has 0 bridgehead atoms. The second kappa shape index (κ2) is 9.56. The van der Waals surface area contributed by atoms with Gasteiger partial charge in [-0.2, -0.15) is 0 Å². The van der Waals surface area contributed by atoms with Gasteiger partial charge in [-0.15, -0.1) is 0 Å². The van der Waals surface area contributed by atoms with Crippen LogP contribution in [0.2, 0.25) is 0 Å². The first-order valence-corrected chi connectivity index (χ1v) is 12.5. The van der Waals surface area contributed by atoms with Crippen LogP contribution in [0.25, 0.3) is 17.3 Å². The fraction of sp³-hybridized carbons (Fsp3) is 0.269. The van der Waals surface area contributed by atoms with Crippen LogP contribution in [0.1, 0.15) is 43.7 Å². The maximum absolute atomic E-state index is 13.7. The third-order valence-electron chi connectivity index (χ3n) is 5.75. The number of aliphatic hydroxyl groups is 1. The Balaban J connectivity index is 1.92. The van der Waals surface area contributed by atoms with Gasteiger partial charge in [-0.3, -0.25) is 4.79 Å². The minimum atomic E-state index is -3.96. The van der Waals surface area contributed by atoms with Gasteiger partial charge in [0, 0.05) is 23.7 Å². The van der Waals surface area contributed by atoms with Crippen molar-refractivity contribution < 1.29 is 27.4 Å². The Morgan fingerprint density at radius 1 is 1.12 bits per heavy atom. The number of aromatic nitrogens is 1. The van der Waals surface area contributed by atoms with Crippen LogP contribution in [-0.2, 0) is 19.6 Å². The maximum Gasteiger partial charge on any atom is 0.309 e. The van der Waals surface area contributed by atoms with Crippen LogP contribution in [0.4, 0.5) is 4.39 Å². The summed E-state index contributed by atoms with van der Waals surface area (Å²) in [5, 5.41) is 9.93. The van der Waals surface area contributed by atoms with E-state index in [1.807, 2.05) is 13.8 Å². The molecule has 2 atom stereocenters. The molecule has 8 heteroatoms. The first-order chi connectivity index (χ1) is 16.2. The molecule has 0 unspecified atom stereocenters. The third-order valence-corrected chi connectivity index (χ3v) is 7.42. The van der Waals surface area contributed by atoms with Crippen molar-refractivity contribution in [3.8, 4) is 11.3 Å². The second-order valence-corrected chi connectivity index (χ2v) is 10.4. The number of hydrogen-bond donors (Lipinski definition) is 1. The van der Waals surface area contributed by atoms with Crippen molar-refractivity contribution in [2.75, 3.05) is 0 Å². The van der Waals surface area contributed by atoms with Crippen molar-refractivity contribution in [1.29, 1.82) is 0 Å². The molecule has 34 heavy (non-hydrogen) atoms. The molecule has 2 heterocycles. The Bertz CT molecular complexity index is 1310. The first-order valence-electron chi connectivity index (χ1n) is 11.0. The summed E-state index contributed by atoms with van der Waals surface area (Å²) in [7, 11) is -3.96. The molecule has 0 radical (unpaired) electrons. The molecule has 1 saturated heterocycles. The lowest BCUT2D eigenvalue weighted by Crippen LogP contribution is -2.31. The van der Waals surface area contributed by atoms with Crippen LogP contribution in [0.3, 0.4) is 0 Å². The largest absolute Gasteiger partial charge is 0.458 e. The van der Waals surface area contributed by atoms with Gasteiger partial charge >= 0.3 is 5.97 Å². The van der Waals surface area contributed by atoms with Crippen LogP contribution in [-0.4, -0.2) is 35.7 Å². The van der Waals surface area contributed by atoms with Crippen molar-refractivity contribution in [2.24, 2.45) is 0 Å². The zero-order valence-corrected chi connectivity index (χ0v) is 19.7. The summed E-state index contributed by atoms with van der Waals surface area (Å²) in [5.74, 6) is -0.955. The summed E-state index contributed by atoms with van der Waals surface area (Å²) in [6, 6.07) is 13.7. The van der Waals surface area contributed by atoms with Crippen molar-refractivity contribution >= 4 is 22.1 Å². The number of carbonyl (C=O) groups is 1. The lowest BCUT2D eigenvalue weighted by molar-refractivity contribution is -0.156. The monoisotopic (exact) mass is 483 g/mol. The topological polar surface area (TPSA) is 85.6 Å². The lowest BCUT2D eigenvalue weighted by atomic mass is 9.96. The van der Waals surface area contributed by atoms with Crippen LogP contribution in [0.5, 0.6) is 0 Å². The summed E-state index contributed by atoms with van der Waals surface area (Å²) in [5.41, 5.74) is 2.29. The number of esters is 1. The van der Waals surface area contributed by atoms with Crippen LogP contribution >= 0.6 is 0 Å². The molecule has 1 fully saturated rings. The van der Waals surface area contributed by atoms with E-state index in [2.05, 4.69) is 0 Å². The minimum Gasteiger partial charge on any atom is -0.458 e. The molecule has 0 saturated carbocycles. The standard InChI is InChI=1S/C26H26FNO5S/c1-17(2)24-16-28(34(31,32)22-6-4-3-5-7-22)26(18-8-10-19(27)11-9-18)23(24)13-12-21-14-20(29)15-25(30)33-21/h3-13,16-17,20-21,29H,14-15H2,1-2H3/b13-12+/t20-,21-/m1/s1. The van der Waals surface area contributed by atoms with E-state index in [9.17, 15) is 22.7 Å². The summed E-state index contributed by atoms with van der Waals surface area (Å²) < 4.78 is 47.5. The molecule has 1 aliphatic rings. The fourth-order valence-corrected chi connectivity index (χ4v) is 5.49. The normalized spacial score (nSPS) is 19.0. The van der Waals surface area contributed by atoms with E-state index >= 15 is 0 Å². The molecule has 178 valence electrons. The predicted octanol–water partition coefficient (Wildman–Crippen LogP) is 4.73. The van der Waals surface area contributed by atoms with Crippen molar-refractivity contribution in [3.05, 3.63) is 83.8 Å². The number of cyclic esters (lactones) is 1. The Morgan fingerprint density at radius 2 is 1.79 bits per heavy atom. The summed E-state index contributed by atoms with van der Waals surface area (Å²) in [6.45, 7) is 3.90. The van der Waals surface area contributed by atoms with E-state index in [0.717, 1.165) is 5.56 Å². The van der Waals surface area contributed by atoms with E-state index in [1.54, 1.807) is 36.5 Å². The van der Waals surface area contributed by atoms with E-state index in [0.29, 0.717) is 16.8 Å². The van der Waals surface area contributed by atoms with Crippen LogP contribution in [0, 0.1) is 5.82 Å². The molecule has 0 aliphatic carbocycles. The minimum absolute atomic E-state index is 0.0365. The Labute approximate surface area is 198 Å². The average molecular weight is 484 g/mol. The third kappa shape index (κ3) is 4.83. The summed E-state index contributed by atoms with van der Waals surface area (Å²) in [6.07, 6.45) is 3.76. The quantitative estimate of drug-likeness (QED) is 0.512. The molecule has 0 amide bonds. The molecule has 6 nitrogen and oxygen atoms in total. The number of benzene rings is 2. The van der Waals surface area contributed by atoms with Gasteiger partial charge in [0.2, 0.25) is 0 Å². The first kappa shape index (κ1) is 23.9. The number of nitrogens with zero attached hydrogens (tertiary/aromatic N) is 1. The molecule has 3 aromatic rings. The van der Waals surface area contributed by atoms with Gasteiger partial charge in [0.05, 0.1) is 23.1 Å². The number of rotatable bonds is 6. The molecule has 4 rings (SSSR count). The van der Waals surface area contributed by atoms with Crippen molar-refractivity contribution in [2.45, 2.75) is 49.7 Å².